The summed E-state index contributed by atoms with van der Waals surface area (Å²) in [6.45, 7) is 3.75. The number of esters is 1. The lowest BCUT2D eigenvalue weighted by Gasteiger charge is -2.22. The van der Waals surface area contributed by atoms with E-state index in [0.717, 1.165) is 11.3 Å². The van der Waals surface area contributed by atoms with E-state index in [4.69, 9.17) is 4.74 Å². The number of nitrogens with zero attached hydrogens (tertiary/aromatic N) is 3. The van der Waals surface area contributed by atoms with Crippen LogP contribution in [0.3, 0.4) is 0 Å². The van der Waals surface area contributed by atoms with Crippen LogP contribution in [0.5, 0.6) is 0 Å². The average Bonchev–Trinajstić information content (AvgIpc) is 3.27. The summed E-state index contributed by atoms with van der Waals surface area (Å²) >= 11 is 0. The second kappa shape index (κ2) is 12.2. The summed E-state index contributed by atoms with van der Waals surface area (Å²) in [7, 11) is 0. The number of rotatable bonds is 10. The highest BCUT2D eigenvalue weighted by Crippen LogP contribution is 2.24. The van der Waals surface area contributed by atoms with E-state index in [2.05, 4.69) is 15.7 Å². The van der Waals surface area contributed by atoms with Crippen molar-refractivity contribution in [2.75, 3.05) is 31.6 Å². The van der Waals surface area contributed by atoms with Crippen molar-refractivity contribution in [2.24, 2.45) is 0 Å². The summed E-state index contributed by atoms with van der Waals surface area (Å²) < 4.78 is 6.48. The summed E-state index contributed by atoms with van der Waals surface area (Å²) in [6.07, 6.45) is 0.653. The van der Waals surface area contributed by atoms with E-state index in [1.54, 1.807) is 17.7 Å². The van der Waals surface area contributed by atoms with E-state index < -0.39 is 12.0 Å². The van der Waals surface area contributed by atoms with Gasteiger partial charge in [0.1, 0.15) is 18.9 Å². The molecule has 2 N–H and O–H groups in total. The molecule has 0 bridgehead atoms. The van der Waals surface area contributed by atoms with Gasteiger partial charge in [0.05, 0.1) is 18.0 Å². The predicted octanol–water partition coefficient (Wildman–Crippen LogP) is 3.46. The van der Waals surface area contributed by atoms with Gasteiger partial charge in [0, 0.05) is 18.2 Å². The molecule has 0 unspecified atom stereocenters. The molecule has 0 atom stereocenters. The van der Waals surface area contributed by atoms with Crippen molar-refractivity contribution in [2.45, 2.75) is 20.3 Å². The average molecular weight is 464 g/mol. The van der Waals surface area contributed by atoms with Gasteiger partial charge in [0.2, 0.25) is 5.91 Å². The molecule has 1 aromatic heterocycles. The van der Waals surface area contributed by atoms with Crippen LogP contribution in [-0.2, 0) is 14.3 Å². The highest BCUT2D eigenvalue weighted by Gasteiger charge is 2.19. The van der Waals surface area contributed by atoms with Gasteiger partial charge in [-0.3, -0.25) is 9.59 Å². The molecule has 0 radical (unpaired) electrons. The fourth-order valence-corrected chi connectivity index (χ4v) is 3.34. The molecule has 0 aliphatic carbocycles. The first kappa shape index (κ1) is 24.5. The van der Waals surface area contributed by atoms with Crippen LogP contribution in [0.25, 0.3) is 16.9 Å². The molecule has 34 heavy (non-hydrogen) atoms. The Balaban J connectivity index is 1.76. The molecule has 0 aliphatic heterocycles. The molecule has 9 nitrogen and oxygen atoms in total. The van der Waals surface area contributed by atoms with Gasteiger partial charge in [-0.2, -0.15) is 5.10 Å². The molecule has 178 valence electrons. The van der Waals surface area contributed by atoms with Crippen LogP contribution in [-0.4, -0.2) is 58.8 Å². The number of para-hydroxylation sites is 1. The van der Waals surface area contributed by atoms with Crippen molar-refractivity contribution in [1.29, 1.82) is 0 Å². The van der Waals surface area contributed by atoms with Crippen molar-refractivity contribution in [3.05, 3.63) is 66.7 Å². The number of nitrogens with one attached hydrogen (secondary N) is 2. The van der Waals surface area contributed by atoms with Crippen LogP contribution < -0.4 is 10.6 Å². The van der Waals surface area contributed by atoms with E-state index in [1.165, 1.54) is 4.90 Å². The Labute approximate surface area is 198 Å². The van der Waals surface area contributed by atoms with E-state index in [9.17, 15) is 14.4 Å². The lowest BCUT2D eigenvalue weighted by Crippen LogP contribution is -2.46. The van der Waals surface area contributed by atoms with Crippen LogP contribution in [0, 0.1) is 0 Å². The first-order valence-corrected chi connectivity index (χ1v) is 11.2. The van der Waals surface area contributed by atoms with Gasteiger partial charge in [0.25, 0.3) is 0 Å². The Bertz CT molecular complexity index is 1100. The Morgan fingerprint density at radius 2 is 1.68 bits per heavy atom. The van der Waals surface area contributed by atoms with Crippen molar-refractivity contribution >= 4 is 23.7 Å². The standard InChI is InChI=1S/C25H29N5O4/c1-3-15-29(25(33)26-17-24(32)34-4-2)18-23(31)27-22-16-21(19-11-7-5-8-12-19)28-30(22)20-13-9-6-10-14-20/h5-14,16H,3-4,15,17-18H2,1-2H3,(H,26,33)(H,27,31). The number of benzene rings is 2. The first-order valence-electron chi connectivity index (χ1n) is 11.2. The topological polar surface area (TPSA) is 106 Å². The van der Waals surface area contributed by atoms with Crippen LogP contribution in [0.2, 0.25) is 0 Å². The third kappa shape index (κ3) is 6.68. The van der Waals surface area contributed by atoms with E-state index in [1.807, 2.05) is 67.6 Å². The summed E-state index contributed by atoms with van der Waals surface area (Å²) in [5.41, 5.74) is 2.41. The van der Waals surface area contributed by atoms with Crippen LogP contribution >= 0.6 is 0 Å². The number of amides is 3. The zero-order chi connectivity index (χ0) is 24.3. The SMILES string of the molecule is CCCN(CC(=O)Nc1cc(-c2ccccc2)nn1-c1ccccc1)C(=O)NCC(=O)OCC. The third-order valence-electron chi connectivity index (χ3n) is 4.85. The Morgan fingerprint density at radius 3 is 2.32 bits per heavy atom. The maximum absolute atomic E-state index is 12.9. The molecule has 3 amide bonds. The van der Waals surface area contributed by atoms with Gasteiger partial charge >= 0.3 is 12.0 Å². The molecule has 0 fully saturated rings. The van der Waals surface area contributed by atoms with Gasteiger partial charge < -0.3 is 20.3 Å². The summed E-state index contributed by atoms with van der Waals surface area (Å²) in [4.78, 5) is 38.3. The number of urea groups is 1. The minimum atomic E-state index is -0.531. The van der Waals surface area contributed by atoms with Gasteiger partial charge in [-0.1, -0.05) is 55.5 Å². The lowest BCUT2D eigenvalue weighted by molar-refractivity contribution is -0.141. The lowest BCUT2D eigenvalue weighted by atomic mass is 10.1. The molecule has 0 saturated heterocycles. The number of carbonyl (C=O) groups excluding carboxylic acids is 3. The molecule has 1 heterocycles. The molecule has 0 spiro atoms. The number of carbonyl (C=O) groups is 3. The second-order valence-corrected chi connectivity index (χ2v) is 7.46. The molecular formula is C25H29N5O4. The zero-order valence-corrected chi connectivity index (χ0v) is 19.4. The molecule has 3 aromatic rings. The quantitative estimate of drug-likeness (QED) is 0.448. The molecular weight excluding hydrogens is 434 g/mol. The minimum Gasteiger partial charge on any atom is -0.465 e. The van der Waals surface area contributed by atoms with Crippen molar-refractivity contribution < 1.29 is 19.1 Å². The number of hydrogen-bond acceptors (Lipinski definition) is 5. The monoisotopic (exact) mass is 463 g/mol. The van der Waals surface area contributed by atoms with Crippen molar-refractivity contribution in [1.82, 2.24) is 20.0 Å². The Morgan fingerprint density at radius 1 is 1.00 bits per heavy atom. The van der Waals surface area contributed by atoms with Gasteiger partial charge in [-0.25, -0.2) is 9.48 Å². The molecule has 2 aromatic carbocycles. The minimum absolute atomic E-state index is 0.177. The second-order valence-electron chi connectivity index (χ2n) is 7.46. The normalized spacial score (nSPS) is 10.4. The third-order valence-corrected chi connectivity index (χ3v) is 4.85. The maximum atomic E-state index is 12.9. The van der Waals surface area contributed by atoms with Gasteiger partial charge in [-0.05, 0) is 25.5 Å². The summed E-state index contributed by atoms with van der Waals surface area (Å²) in [6, 6.07) is 20.4. The molecule has 0 aliphatic rings. The highest BCUT2D eigenvalue weighted by atomic mass is 16.5. The van der Waals surface area contributed by atoms with E-state index in [-0.39, 0.29) is 25.6 Å². The number of aromatic nitrogens is 2. The van der Waals surface area contributed by atoms with E-state index >= 15 is 0 Å². The number of ether oxygens (including phenoxy) is 1. The van der Waals surface area contributed by atoms with Crippen molar-refractivity contribution in [3.8, 4) is 16.9 Å². The predicted molar refractivity (Wildman–Crippen MR) is 130 cm³/mol. The fraction of sp³-hybridized carbons (Fsp3) is 0.280. The highest BCUT2D eigenvalue weighted by molar-refractivity contribution is 5.94. The van der Waals surface area contributed by atoms with Crippen LogP contribution in [0.15, 0.2) is 66.7 Å². The first-order chi connectivity index (χ1) is 16.5. The maximum Gasteiger partial charge on any atom is 0.325 e. The number of anilines is 1. The molecule has 0 saturated carbocycles. The molecule has 9 heteroatoms. The largest absolute Gasteiger partial charge is 0.465 e. The van der Waals surface area contributed by atoms with Gasteiger partial charge in [-0.15, -0.1) is 0 Å². The van der Waals surface area contributed by atoms with E-state index in [0.29, 0.717) is 24.5 Å². The summed E-state index contributed by atoms with van der Waals surface area (Å²) in [5, 5.41) is 10.1. The number of hydrogen-bond donors (Lipinski definition) is 2. The molecule has 3 rings (SSSR count). The Hall–Kier alpha value is -4.14. The van der Waals surface area contributed by atoms with Crippen molar-refractivity contribution in [3.63, 3.8) is 0 Å². The smallest absolute Gasteiger partial charge is 0.325 e. The Kier molecular flexibility index (Phi) is 8.79. The summed E-state index contributed by atoms with van der Waals surface area (Å²) in [5.74, 6) is -0.424. The van der Waals surface area contributed by atoms with Gasteiger partial charge in [0.15, 0.2) is 0 Å². The van der Waals surface area contributed by atoms with Crippen LogP contribution in [0.4, 0.5) is 10.6 Å². The van der Waals surface area contributed by atoms with Crippen LogP contribution in [0.1, 0.15) is 20.3 Å². The fourth-order valence-electron chi connectivity index (χ4n) is 3.34. The zero-order valence-electron chi connectivity index (χ0n) is 19.4.